The van der Waals surface area contributed by atoms with Crippen molar-refractivity contribution in [3.8, 4) is 21.7 Å². The Kier molecular flexibility index (Phi) is 5.04. The zero-order valence-corrected chi connectivity index (χ0v) is 16.7. The monoisotopic (exact) mass is 437 g/mol. The lowest BCUT2D eigenvalue weighted by atomic mass is 10.0. The van der Waals surface area contributed by atoms with Crippen LogP contribution in [0.25, 0.3) is 21.7 Å². The van der Waals surface area contributed by atoms with Gasteiger partial charge in [0.1, 0.15) is 0 Å². The molecule has 0 bridgehead atoms. The summed E-state index contributed by atoms with van der Waals surface area (Å²) in [5.41, 5.74) is -0.545. The van der Waals surface area contributed by atoms with Crippen LogP contribution in [0, 0.1) is 0 Å². The van der Waals surface area contributed by atoms with Crippen LogP contribution in [0.5, 0.6) is 0 Å². The molecule has 4 nitrogen and oxygen atoms in total. The zero-order chi connectivity index (χ0) is 20.8. The number of halogens is 3. The highest BCUT2D eigenvalue weighted by Gasteiger charge is 2.31. The molecule has 3 heterocycles. The van der Waals surface area contributed by atoms with Crippen LogP contribution in [-0.2, 0) is 17.5 Å². The van der Waals surface area contributed by atoms with Crippen molar-refractivity contribution >= 4 is 29.1 Å². The Morgan fingerprint density at radius 1 is 1.21 bits per heavy atom. The number of carbonyl (C=O) groups excluding carboxylic acids is 1. The van der Waals surface area contributed by atoms with E-state index in [1.807, 2.05) is 11.4 Å². The first-order valence-corrected chi connectivity index (χ1v) is 10.4. The second-order valence-corrected chi connectivity index (χ2v) is 8.36. The van der Waals surface area contributed by atoms with E-state index in [4.69, 9.17) is 4.74 Å². The molecule has 3 aromatic rings. The smallest absolute Gasteiger partial charge is 0.416 e. The molecule has 0 saturated carbocycles. The summed E-state index contributed by atoms with van der Waals surface area (Å²) < 4.78 is 45.8. The van der Waals surface area contributed by atoms with Crippen molar-refractivity contribution in [2.24, 2.45) is 0 Å². The van der Waals surface area contributed by atoms with Gasteiger partial charge >= 0.3 is 12.1 Å². The van der Waals surface area contributed by atoms with Crippen LogP contribution in [0.2, 0.25) is 0 Å². The molecule has 0 saturated heterocycles. The van der Waals surface area contributed by atoms with Gasteiger partial charge in [0.15, 0.2) is 0 Å². The summed E-state index contributed by atoms with van der Waals surface area (Å²) in [4.78, 5) is 27.5. The normalized spacial score (nSPS) is 13.4. The highest BCUT2D eigenvalue weighted by atomic mass is 32.2. The number of esters is 1. The summed E-state index contributed by atoms with van der Waals surface area (Å²) in [5, 5.41) is 1.87. The first-order valence-electron chi connectivity index (χ1n) is 8.55. The minimum Gasteiger partial charge on any atom is -0.465 e. The number of thiophene rings is 1. The van der Waals surface area contributed by atoms with Crippen molar-refractivity contribution in [2.75, 3.05) is 12.9 Å². The Bertz CT molecular complexity index is 1160. The van der Waals surface area contributed by atoms with Gasteiger partial charge < -0.3 is 9.30 Å². The van der Waals surface area contributed by atoms with E-state index in [1.54, 1.807) is 11.8 Å². The van der Waals surface area contributed by atoms with Gasteiger partial charge in [-0.3, -0.25) is 4.79 Å². The summed E-state index contributed by atoms with van der Waals surface area (Å²) in [7, 11) is 1.23. The second-order valence-electron chi connectivity index (χ2n) is 6.31. The number of carbonyl (C=O) groups is 1. The molecule has 0 unspecified atom stereocenters. The minimum atomic E-state index is -4.54. The van der Waals surface area contributed by atoms with Gasteiger partial charge in [-0.05, 0) is 35.2 Å². The average Bonchev–Trinajstić information content (AvgIpc) is 3.08. The zero-order valence-electron chi connectivity index (χ0n) is 15.1. The molecule has 29 heavy (non-hydrogen) atoms. The molecule has 0 aliphatic carbocycles. The Balaban J connectivity index is 2.02. The third-order valence-corrected chi connectivity index (χ3v) is 6.70. The fraction of sp³-hybridized carbons (Fsp3) is 0.200. The summed E-state index contributed by atoms with van der Waals surface area (Å²) in [5.74, 6) is -0.0447. The van der Waals surface area contributed by atoms with Gasteiger partial charge in [-0.1, -0.05) is 12.1 Å². The van der Waals surface area contributed by atoms with Gasteiger partial charge in [-0.25, -0.2) is 4.79 Å². The van der Waals surface area contributed by atoms with Gasteiger partial charge in [0.05, 0.1) is 28.8 Å². The first kappa shape index (κ1) is 19.8. The number of benzene rings is 1. The van der Waals surface area contributed by atoms with Gasteiger partial charge in [-0.2, -0.15) is 13.2 Å². The first-order chi connectivity index (χ1) is 13.8. The lowest BCUT2D eigenvalue weighted by Gasteiger charge is -2.16. The number of hydrogen-bond acceptors (Lipinski definition) is 5. The number of nitrogens with zero attached hydrogens (tertiary/aromatic N) is 1. The molecular weight excluding hydrogens is 423 g/mol. The minimum absolute atomic E-state index is 0.0326. The Morgan fingerprint density at radius 3 is 2.72 bits per heavy atom. The number of fused-ring (bicyclic) bond motifs is 3. The van der Waals surface area contributed by atoms with E-state index in [-0.39, 0.29) is 16.7 Å². The molecule has 150 valence electrons. The van der Waals surface area contributed by atoms with Crippen molar-refractivity contribution in [2.45, 2.75) is 17.6 Å². The third kappa shape index (κ3) is 3.49. The van der Waals surface area contributed by atoms with Gasteiger partial charge in [0.25, 0.3) is 5.56 Å². The number of rotatable bonds is 2. The molecule has 1 aliphatic heterocycles. The molecular formula is C20H14F3NO3S2. The van der Waals surface area contributed by atoms with Crippen molar-refractivity contribution < 1.29 is 22.7 Å². The van der Waals surface area contributed by atoms with Crippen molar-refractivity contribution in [3.63, 3.8) is 0 Å². The Morgan fingerprint density at radius 2 is 2.00 bits per heavy atom. The van der Waals surface area contributed by atoms with Crippen molar-refractivity contribution in [1.29, 1.82) is 0 Å². The predicted octanol–water partition coefficient (Wildman–Crippen LogP) is 5.15. The molecule has 1 aromatic carbocycles. The number of pyridine rings is 1. The maximum absolute atomic E-state index is 13.2. The quantitative estimate of drug-likeness (QED) is 0.520. The average molecular weight is 437 g/mol. The molecule has 1 aliphatic rings. The number of methoxy groups -OCH3 is 1. The van der Waals surface area contributed by atoms with E-state index < -0.39 is 23.3 Å². The van der Waals surface area contributed by atoms with Crippen molar-refractivity contribution in [1.82, 2.24) is 4.57 Å². The summed E-state index contributed by atoms with van der Waals surface area (Å²) >= 11 is 2.97. The fourth-order valence-electron chi connectivity index (χ4n) is 3.29. The Hall–Kier alpha value is -2.52. The van der Waals surface area contributed by atoms with E-state index >= 15 is 0 Å². The topological polar surface area (TPSA) is 48.3 Å². The highest BCUT2D eigenvalue weighted by molar-refractivity contribution is 7.99. The van der Waals surface area contributed by atoms with Crippen LogP contribution in [0.3, 0.4) is 0 Å². The van der Waals surface area contributed by atoms with Crippen LogP contribution >= 0.6 is 23.1 Å². The summed E-state index contributed by atoms with van der Waals surface area (Å²) in [6, 6.07) is 7.82. The van der Waals surface area contributed by atoms with E-state index in [9.17, 15) is 22.8 Å². The van der Waals surface area contributed by atoms with Crippen LogP contribution in [0.1, 0.15) is 15.9 Å². The van der Waals surface area contributed by atoms with Gasteiger partial charge in [0.2, 0.25) is 0 Å². The standard InChI is InChI=1S/C20H14F3NO3S2/c1-27-19(26)14-10-13(11-3-2-4-12(9-11)20(21,22)23)18(25)24-6-8-28-15-5-7-29-17(15)16(14)24/h2-5,7,9-10H,6,8H2,1H3. The Labute approximate surface area is 171 Å². The lowest BCUT2D eigenvalue weighted by molar-refractivity contribution is -0.137. The van der Waals surface area contributed by atoms with Gasteiger partial charge in [-0.15, -0.1) is 23.1 Å². The number of hydrogen-bond donors (Lipinski definition) is 0. The third-order valence-electron chi connectivity index (χ3n) is 4.61. The van der Waals surface area contributed by atoms with Crippen LogP contribution in [0.4, 0.5) is 13.2 Å². The van der Waals surface area contributed by atoms with Crippen LogP contribution < -0.4 is 5.56 Å². The number of alkyl halides is 3. The maximum Gasteiger partial charge on any atom is 0.416 e. The van der Waals surface area contributed by atoms with E-state index in [1.165, 1.54) is 41.2 Å². The molecule has 0 spiro atoms. The van der Waals surface area contributed by atoms with E-state index in [2.05, 4.69) is 0 Å². The molecule has 0 fully saturated rings. The summed E-state index contributed by atoms with van der Waals surface area (Å²) in [6.45, 7) is 0.330. The number of aromatic nitrogens is 1. The molecule has 4 rings (SSSR count). The second kappa shape index (κ2) is 7.38. The molecule has 0 radical (unpaired) electrons. The van der Waals surface area contributed by atoms with E-state index in [0.717, 1.165) is 21.9 Å². The predicted molar refractivity (Wildman–Crippen MR) is 107 cm³/mol. The van der Waals surface area contributed by atoms with Crippen molar-refractivity contribution in [3.05, 3.63) is 63.3 Å². The molecule has 0 N–H and O–H groups in total. The lowest BCUT2D eigenvalue weighted by Crippen LogP contribution is -2.26. The number of ether oxygens (including phenoxy) is 1. The maximum atomic E-state index is 13.2. The van der Waals surface area contributed by atoms with E-state index in [0.29, 0.717) is 18.0 Å². The SMILES string of the molecule is COC(=O)c1cc(-c2cccc(C(F)(F)F)c2)c(=O)n2c1-c1sccc1SCC2. The van der Waals surface area contributed by atoms with Crippen LogP contribution in [0.15, 0.2) is 51.5 Å². The molecule has 2 aromatic heterocycles. The fourth-order valence-corrected chi connectivity index (χ4v) is 5.44. The number of thioether (sulfide) groups is 1. The molecule has 0 atom stereocenters. The highest BCUT2D eigenvalue weighted by Crippen LogP contribution is 2.41. The molecule has 9 heteroatoms. The largest absolute Gasteiger partial charge is 0.465 e. The van der Waals surface area contributed by atoms with Gasteiger partial charge in [0, 0.05) is 22.8 Å². The summed E-state index contributed by atoms with van der Waals surface area (Å²) in [6.07, 6.45) is -4.54. The van der Waals surface area contributed by atoms with Crippen LogP contribution in [-0.4, -0.2) is 23.4 Å². The molecule has 0 amide bonds.